The molecule has 8 heteroatoms. The van der Waals surface area contributed by atoms with E-state index in [1.165, 1.54) is 0 Å². The smallest absolute Gasteiger partial charge is 0.254 e. The second-order valence-electron chi connectivity index (χ2n) is 7.60. The Hall–Kier alpha value is -3.42. The molecule has 0 spiro atoms. The van der Waals surface area contributed by atoms with Crippen molar-refractivity contribution in [1.82, 2.24) is 20.0 Å². The summed E-state index contributed by atoms with van der Waals surface area (Å²) >= 11 is 0. The number of aromatic nitrogens is 3. The summed E-state index contributed by atoms with van der Waals surface area (Å²) in [7, 11) is 0. The number of amides is 1. The van der Waals surface area contributed by atoms with Crippen molar-refractivity contribution in [1.29, 1.82) is 0 Å². The fraction of sp³-hybridized carbons (Fsp3) is 0.364. The molecule has 2 aliphatic heterocycles. The largest absolute Gasteiger partial charge is 0.486 e. The van der Waals surface area contributed by atoms with Crippen LogP contribution in [0.1, 0.15) is 40.5 Å². The van der Waals surface area contributed by atoms with Gasteiger partial charge in [-0.1, -0.05) is 5.16 Å². The third-order valence-corrected chi connectivity index (χ3v) is 5.52. The lowest BCUT2D eigenvalue weighted by atomic mass is 9.91. The van der Waals surface area contributed by atoms with Crippen LogP contribution in [0.2, 0.25) is 0 Å². The Morgan fingerprint density at radius 2 is 2.03 bits per heavy atom. The van der Waals surface area contributed by atoms with Crippen molar-refractivity contribution >= 4 is 5.91 Å². The molecule has 1 amide bonds. The zero-order valence-electron chi connectivity index (χ0n) is 16.7. The van der Waals surface area contributed by atoms with E-state index in [0.29, 0.717) is 49.1 Å². The van der Waals surface area contributed by atoms with Gasteiger partial charge in [0, 0.05) is 36.8 Å². The van der Waals surface area contributed by atoms with E-state index in [-0.39, 0.29) is 11.8 Å². The fourth-order valence-corrected chi connectivity index (χ4v) is 4.09. The highest BCUT2D eigenvalue weighted by Gasteiger charge is 2.29. The number of rotatable bonds is 3. The third kappa shape index (κ3) is 3.49. The first kappa shape index (κ1) is 18.6. The van der Waals surface area contributed by atoms with Crippen molar-refractivity contribution in [3.05, 3.63) is 53.7 Å². The summed E-state index contributed by atoms with van der Waals surface area (Å²) in [6.45, 7) is 4.20. The van der Waals surface area contributed by atoms with Gasteiger partial charge in [-0.15, -0.1) is 0 Å². The number of likely N-dealkylation sites (tertiary alicyclic amines) is 1. The number of ether oxygens (including phenoxy) is 2. The number of hydrogen-bond acceptors (Lipinski definition) is 7. The van der Waals surface area contributed by atoms with Crippen LogP contribution in [-0.2, 0) is 0 Å². The average molecular weight is 406 g/mol. The lowest BCUT2D eigenvalue weighted by Gasteiger charge is -2.33. The Morgan fingerprint density at radius 1 is 1.17 bits per heavy atom. The van der Waals surface area contributed by atoms with E-state index in [4.69, 9.17) is 14.0 Å². The molecule has 1 unspecified atom stereocenters. The number of aryl methyl sites for hydroxylation is 1. The zero-order valence-corrected chi connectivity index (χ0v) is 16.7. The molecule has 0 aliphatic carbocycles. The highest BCUT2D eigenvalue weighted by atomic mass is 16.6. The highest BCUT2D eigenvalue weighted by Crippen LogP contribution is 2.35. The van der Waals surface area contributed by atoms with Gasteiger partial charge in [0.15, 0.2) is 17.3 Å². The molecule has 1 atom stereocenters. The Labute approximate surface area is 173 Å². The number of carbonyl (C=O) groups excluding carboxylic acids is 1. The molecule has 1 saturated heterocycles. The molecular formula is C22H22N4O4. The van der Waals surface area contributed by atoms with E-state index in [0.717, 1.165) is 29.8 Å². The molecular weight excluding hydrogens is 384 g/mol. The first-order chi connectivity index (χ1) is 14.7. The van der Waals surface area contributed by atoms with E-state index in [1.54, 1.807) is 30.7 Å². The van der Waals surface area contributed by atoms with Crippen molar-refractivity contribution in [2.24, 2.45) is 0 Å². The van der Waals surface area contributed by atoms with Crippen LogP contribution in [0.5, 0.6) is 11.5 Å². The molecule has 0 saturated carbocycles. The molecule has 0 bridgehead atoms. The van der Waals surface area contributed by atoms with Crippen LogP contribution < -0.4 is 9.47 Å². The topological polar surface area (TPSA) is 90.6 Å². The van der Waals surface area contributed by atoms with Gasteiger partial charge in [-0.05, 0) is 38.0 Å². The van der Waals surface area contributed by atoms with E-state index >= 15 is 0 Å². The van der Waals surface area contributed by atoms with Gasteiger partial charge in [0.25, 0.3) is 5.91 Å². The Morgan fingerprint density at radius 3 is 2.87 bits per heavy atom. The van der Waals surface area contributed by atoms with Gasteiger partial charge in [-0.2, -0.15) is 0 Å². The molecule has 2 aliphatic rings. The van der Waals surface area contributed by atoms with Crippen molar-refractivity contribution in [2.45, 2.75) is 25.7 Å². The van der Waals surface area contributed by atoms with Crippen molar-refractivity contribution < 1.29 is 18.8 Å². The Balaban J connectivity index is 1.39. The summed E-state index contributed by atoms with van der Waals surface area (Å²) < 4.78 is 16.6. The van der Waals surface area contributed by atoms with Crippen LogP contribution in [0, 0.1) is 6.92 Å². The van der Waals surface area contributed by atoms with Crippen molar-refractivity contribution in [3.8, 4) is 22.8 Å². The third-order valence-electron chi connectivity index (χ3n) is 5.52. The summed E-state index contributed by atoms with van der Waals surface area (Å²) in [4.78, 5) is 23.8. The second kappa shape index (κ2) is 7.78. The van der Waals surface area contributed by atoms with Crippen LogP contribution in [0.4, 0.5) is 0 Å². The summed E-state index contributed by atoms with van der Waals surface area (Å²) in [5.74, 6) is 2.05. The number of fused-ring (bicyclic) bond motifs is 1. The average Bonchev–Trinajstić information content (AvgIpc) is 3.24. The molecule has 0 radical (unpaired) electrons. The Kier molecular flexibility index (Phi) is 4.82. The van der Waals surface area contributed by atoms with Gasteiger partial charge in [-0.3, -0.25) is 4.79 Å². The minimum absolute atomic E-state index is 0.0113. The molecule has 30 heavy (non-hydrogen) atoms. The first-order valence-corrected chi connectivity index (χ1v) is 10.1. The number of benzene rings is 1. The van der Waals surface area contributed by atoms with Gasteiger partial charge < -0.3 is 18.9 Å². The van der Waals surface area contributed by atoms with E-state index < -0.39 is 0 Å². The molecule has 3 aromatic rings. The molecule has 154 valence electrons. The molecule has 1 fully saturated rings. The van der Waals surface area contributed by atoms with Gasteiger partial charge in [0.1, 0.15) is 19.5 Å². The van der Waals surface area contributed by atoms with Crippen molar-refractivity contribution in [2.75, 3.05) is 26.3 Å². The lowest BCUT2D eigenvalue weighted by molar-refractivity contribution is 0.0705. The van der Waals surface area contributed by atoms with Crippen LogP contribution in [0.3, 0.4) is 0 Å². The molecule has 1 aromatic carbocycles. The van der Waals surface area contributed by atoms with Gasteiger partial charge in [0.2, 0.25) is 0 Å². The van der Waals surface area contributed by atoms with E-state index in [2.05, 4.69) is 15.1 Å². The molecule has 2 aromatic heterocycles. The normalized spacial score (nSPS) is 18.3. The second-order valence-corrected chi connectivity index (χ2v) is 7.60. The van der Waals surface area contributed by atoms with Crippen LogP contribution in [-0.4, -0.2) is 52.2 Å². The van der Waals surface area contributed by atoms with E-state index in [9.17, 15) is 4.79 Å². The van der Waals surface area contributed by atoms with Gasteiger partial charge in [0.05, 0.1) is 17.0 Å². The summed E-state index contributed by atoms with van der Waals surface area (Å²) in [5.41, 5.74) is 3.13. The standard InChI is InChI=1S/C22H22N4O4/c1-14-9-19(30-25-14)17-11-23-13-24-21(17)16-3-2-6-26(12-16)22(27)15-4-5-18-20(10-15)29-8-7-28-18/h4-5,9-11,13,16H,2-3,6-8,12H2,1H3. The molecule has 0 N–H and O–H groups in total. The Bertz CT molecular complexity index is 1080. The van der Waals surface area contributed by atoms with Crippen LogP contribution >= 0.6 is 0 Å². The minimum Gasteiger partial charge on any atom is -0.486 e. The minimum atomic E-state index is -0.0113. The zero-order chi connectivity index (χ0) is 20.5. The predicted molar refractivity (Wildman–Crippen MR) is 108 cm³/mol. The fourth-order valence-electron chi connectivity index (χ4n) is 4.09. The summed E-state index contributed by atoms with van der Waals surface area (Å²) in [6.07, 6.45) is 5.15. The van der Waals surface area contributed by atoms with Gasteiger partial charge in [-0.25, -0.2) is 9.97 Å². The lowest BCUT2D eigenvalue weighted by Crippen LogP contribution is -2.39. The number of nitrogens with zero attached hydrogens (tertiary/aromatic N) is 4. The molecule has 8 nitrogen and oxygen atoms in total. The highest BCUT2D eigenvalue weighted by molar-refractivity contribution is 5.95. The maximum atomic E-state index is 13.2. The van der Waals surface area contributed by atoms with Crippen molar-refractivity contribution in [3.63, 3.8) is 0 Å². The van der Waals surface area contributed by atoms with E-state index in [1.807, 2.05) is 17.9 Å². The monoisotopic (exact) mass is 406 g/mol. The number of hydrogen-bond donors (Lipinski definition) is 0. The number of carbonyl (C=O) groups is 1. The molecule has 4 heterocycles. The predicted octanol–water partition coefficient (Wildman–Crippen LogP) is 3.23. The molecule has 5 rings (SSSR count). The quantitative estimate of drug-likeness (QED) is 0.659. The summed E-state index contributed by atoms with van der Waals surface area (Å²) in [6, 6.07) is 7.25. The maximum absolute atomic E-state index is 13.2. The SMILES string of the molecule is Cc1cc(-c2cncnc2C2CCCN(C(=O)c3ccc4c(c3)OCCO4)C2)on1. The van der Waals surface area contributed by atoms with Crippen LogP contribution in [0.25, 0.3) is 11.3 Å². The summed E-state index contributed by atoms with van der Waals surface area (Å²) in [5, 5.41) is 3.98. The maximum Gasteiger partial charge on any atom is 0.254 e. The van der Waals surface area contributed by atoms with Crippen LogP contribution in [0.15, 0.2) is 41.3 Å². The van der Waals surface area contributed by atoms with Gasteiger partial charge >= 0.3 is 0 Å². The first-order valence-electron chi connectivity index (χ1n) is 10.1. The number of piperidine rings is 1.